The summed E-state index contributed by atoms with van der Waals surface area (Å²) in [5.41, 5.74) is 21.3. The van der Waals surface area contributed by atoms with E-state index in [0.717, 1.165) is 25.7 Å². The second kappa shape index (κ2) is 17.3. The van der Waals surface area contributed by atoms with Crippen molar-refractivity contribution in [3.63, 3.8) is 0 Å². The van der Waals surface area contributed by atoms with Crippen LogP contribution in [0.1, 0.15) is 120 Å². The van der Waals surface area contributed by atoms with E-state index >= 15 is 0 Å². The maximum atomic E-state index is 9.09. The fourth-order valence-corrected chi connectivity index (χ4v) is 42.4. The van der Waals surface area contributed by atoms with Crippen LogP contribution in [0.15, 0.2) is 145 Å². The summed E-state index contributed by atoms with van der Waals surface area (Å²) in [6.45, 7) is 18.9. The zero-order chi connectivity index (χ0) is 42.4. The van der Waals surface area contributed by atoms with Gasteiger partial charge in [0.15, 0.2) is 0 Å². The van der Waals surface area contributed by atoms with Crippen molar-refractivity contribution in [3.05, 3.63) is 178 Å². The van der Waals surface area contributed by atoms with Gasteiger partial charge in [-0.15, -0.1) is 0 Å². The molecule has 8 rings (SSSR count). The molecule has 0 fully saturated rings. The number of hydrogen-bond acceptors (Lipinski definition) is 0. The van der Waals surface area contributed by atoms with Crippen LogP contribution in [0.4, 0.5) is 0 Å². The molecule has 0 nitrogen and oxygen atoms in total. The summed E-state index contributed by atoms with van der Waals surface area (Å²) in [4.78, 5) is 0. The molecule has 2 unspecified atom stereocenters. The van der Waals surface area contributed by atoms with Crippen molar-refractivity contribution in [1.82, 2.24) is 0 Å². The average molecular weight is 924 g/mol. The van der Waals surface area contributed by atoms with Crippen molar-refractivity contribution < 1.29 is 15.6 Å². The molecule has 4 heteroatoms. The van der Waals surface area contributed by atoms with Crippen molar-refractivity contribution in [3.8, 4) is 44.5 Å². The van der Waals surface area contributed by atoms with Gasteiger partial charge >= 0.3 is 373 Å². The number of hydrogen-bond donors (Lipinski definition) is 0. The molecule has 0 saturated heterocycles. The van der Waals surface area contributed by atoms with E-state index in [0.29, 0.717) is 11.8 Å². The molecule has 0 aliphatic heterocycles. The van der Waals surface area contributed by atoms with Crippen LogP contribution in [0.2, 0.25) is 13.1 Å². The molecule has 2 aliphatic rings. The van der Waals surface area contributed by atoms with Crippen LogP contribution >= 0.6 is 17.0 Å². The second-order valence-electron chi connectivity index (χ2n) is 18.4. The van der Waals surface area contributed by atoms with Crippen LogP contribution in [-0.2, 0) is 15.6 Å². The molecule has 60 heavy (non-hydrogen) atoms. The van der Waals surface area contributed by atoms with Crippen molar-refractivity contribution in [1.29, 1.82) is 0 Å². The normalized spacial score (nSPS) is 16.8. The van der Waals surface area contributed by atoms with Crippen LogP contribution in [0.3, 0.4) is 0 Å². The third-order valence-electron chi connectivity index (χ3n) is 13.7. The Hall–Kier alpha value is -3.52. The Bertz CT molecular complexity index is 2420. The molecule has 6 aromatic rings. The van der Waals surface area contributed by atoms with Gasteiger partial charge in [0.25, 0.3) is 0 Å². The van der Waals surface area contributed by atoms with Gasteiger partial charge in [0.2, 0.25) is 0 Å². The number of benzene rings is 6. The predicted octanol–water partition coefficient (Wildman–Crippen LogP) is 17.8. The third kappa shape index (κ3) is 7.26. The predicted molar refractivity (Wildman–Crippen MR) is 265 cm³/mol. The number of fused-ring (bicyclic) bond motifs is 2. The Balaban J connectivity index is 1.43. The quantitative estimate of drug-likeness (QED) is 0.101. The summed E-state index contributed by atoms with van der Waals surface area (Å²) in [6, 6.07) is 49.8. The average Bonchev–Trinajstić information content (AvgIpc) is 3.83. The van der Waals surface area contributed by atoms with Crippen LogP contribution in [0.25, 0.3) is 56.7 Å². The van der Waals surface area contributed by atoms with Gasteiger partial charge in [-0.1, -0.05) is 0 Å². The van der Waals surface area contributed by atoms with Crippen molar-refractivity contribution in [2.75, 3.05) is 0 Å². The standard InChI is InChI=1S/2C27H27.C2H7Si.2ClH.Zr/c2*1-4-10-20-17-22-15-16-24(21-11-6-5-7-12-21)27(26(22)18-20)25-14-9-8-13-23(25)19(2)3;1-3-2;;;/h2*5-9,11-19H,4,10H2,1-3H3;3H,1-2H3;2*1H;/q;;;;;+2/p-2. The Morgan fingerprint density at radius 3 is 1.20 bits per heavy atom. The van der Waals surface area contributed by atoms with E-state index in [4.69, 9.17) is 17.0 Å². The van der Waals surface area contributed by atoms with Gasteiger partial charge < -0.3 is 0 Å². The summed E-state index contributed by atoms with van der Waals surface area (Å²) in [5, 5.41) is 0. The Morgan fingerprint density at radius 2 is 0.850 bits per heavy atom. The molecule has 0 amide bonds. The zero-order valence-electron chi connectivity index (χ0n) is 36.8. The van der Waals surface area contributed by atoms with Gasteiger partial charge in [0.05, 0.1) is 0 Å². The van der Waals surface area contributed by atoms with Gasteiger partial charge in [0, 0.05) is 0 Å². The molecule has 0 heterocycles. The summed E-state index contributed by atoms with van der Waals surface area (Å²) < 4.78 is 0.0603. The van der Waals surface area contributed by atoms with E-state index in [1.165, 1.54) is 89.0 Å². The molecule has 0 spiro atoms. The minimum absolute atomic E-state index is 0.0302. The number of rotatable bonds is 13. The first-order valence-corrected chi connectivity index (χ1v) is 38.8. The number of allylic oxidation sites excluding steroid dienone is 2. The van der Waals surface area contributed by atoms with Crippen molar-refractivity contribution in [2.45, 2.75) is 99.4 Å². The first kappa shape index (κ1) is 43.1. The van der Waals surface area contributed by atoms with Crippen LogP contribution in [0.5, 0.6) is 0 Å². The van der Waals surface area contributed by atoms with Crippen molar-refractivity contribution >= 4 is 35.1 Å². The molecule has 0 N–H and O–H groups in total. The van der Waals surface area contributed by atoms with Crippen molar-refractivity contribution in [2.24, 2.45) is 0 Å². The summed E-state index contributed by atoms with van der Waals surface area (Å²) in [6.07, 6.45) is 9.21. The molecule has 0 bridgehead atoms. The van der Waals surface area contributed by atoms with Gasteiger partial charge in [-0.05, 0) is 0 Å². The van der Waals surface area contributed by atoms with E-state index in [2.05, 4.69) is 200 Å². The van der Waals surface area contributed by atoms with E-state index in [9.17, 15) is 0 Å². The summed E-state index contributed by atoms with van der Waals surface area (Å²) in [7, 11) is 18.2. The topological polar surface area (TPSA) is 0 Å². The Morgan fingerprint density at radius 1 is 0.483 bits per heavy atom. The van der Waals surface area contributed by atoms with Gasteiger partial charge in [-0.3, -0.25) is 0 Å². The van der Waals surface area contributed by atoms with Crippen LogP contribution in [-0.4, -0.2) is 5.92 Å². The summed E-state index contributed by atoms with van der Waals surface area (Å²) >= 11 is -5.11. The first-order valence-electron chi connectivity index (χ1n) is 22.5. The van der Waals surface area contributed by atoms with E-state index in [1.807, 2.05) is 0 Å². The molecule has 0 saturated carbocycles. The van der Waals surface area contributed by atoms with Gasteiger partial charge in [-0.2, -0.15) is 0 Å². The van der Waals surface area contributed by atoms with E-state index in [1.54, 1.807) is 0 Å². The molecule has 0 radical (unpaired) electrons. The summed E-state index contributed by atoms with van der Waals surface area (Å²) in [5.74, 6) is -1.04. The molecular weight excluding hydrogens is 863 g/mol. The molecule has 307 valence electrons. The monoisotopic (exact) mass is 921 g/mol. The molecule has 6 aromatic carbocycles. The molecule has 0 aromatic heterocycles. The van der Waals surface area contributed by atoms with E-state index in [-0.39, 0.29) is 7.25 Å². The molecular formula is C56H61Cl2SiZr. The van der Waals surface area contributed by atoms with Gasteiger partial charge in [-0.25, -0.2) is 0 Å². The Labute approximate surface area is 369 Å². The fraction of sp³-hybridized carbons (Fsp3) is 0.286. The zero-order valence-corrected chi connectivity index (χ0v) is 42.0. The minimum atomic E-state index is -5.11. The van der Waals surface area contributed by atoms with Gasteiger partial charge in [0.1, 0.15) is 0 Å². The van der Waals surface area contributed by atoms with Crippen LogP contribution in [0, 0.1) is 0 Å². The molecule has 2 atom stereocenters. The second-order valence-corrected chi connectivity index (χ2v) is 60.9. The van der Waals surface area contributed by atoms with Crippen LogP contribution < -0.4 is 0 Å². The maximum absolute atomic E-state index is 9.09. The Kier molecular flexibility index (Phi) is 12.5. The van der Waals surface area contributed by atoms with E-state index < -0.39 is 21.5 Å². The number of halogens is 2. The first-order chi connectivity index (χ1) is 28.9. The molecule has 2 aliphatic carbocycles. The third-order valence-corrected chi connectivity index (χ3v) is 65.6. The SMILES string of the molecule is CCCC1=Cc2c(ccc(-c3ccccc3)c2-c2ccccc2C(C)C)[CH]1[Zr]([Cl])([Cl])([CH]1C(CCC)=Cc2c1ccc(-c1ccccc1)c2-c1ccccc1C(C)C)[SiH](C)C. The fourth-order valence-electron chi connectivity index (χ4n) is 10.9.